The van der Waals surface area contributed by atoms with Crippen molar-refractivity contribution >= 4 is 11.6 Å². The van der Waals surface area contributed by atoms with Crippen molar-refractivity contribution in [2.75, 3.05) is 20.3 Å². The van der Waals surface area contributed by atoms with Crippen LogP contribution < -0.4 is 10.1 Å². The van der Waals surface area contributed by atoms with Gasteiger partial charge in [0.15, 0.2) is 0 Å². The largest absolute Gasteiger partial charge is 0.457 e. The van der Waals surface area contributed by atoms with E-state index in [1.165, 1.54) is 5.56 Å². The summed E-state index contributed by atoms with van der Waals surface area (Å²) in [6.07, 6.45) is 0. The molecule has 2 aromatic carbocycles. The van der Waals surface area contributed by atoms with Crippen molar-refractivity contribution in [3.8, 4) is 11.5 Å². The van der Waals surface area contributed by atoms with Gasteiger partial charge in [-0.3, -0.25) is 0 Å². The maximum atomic E-state index is 5.99. The Labute approximate surface area is 130 Å². The first kappa shape index (κ1) is 15.8. The first-order valence-electron chi connectivity index (χ1n) is 6.91. The normalized spacial score (nSPS) is 10.6. The Balaban J connectivity index is 2.10. The molecule has 4 heteroatoms. The molecule has 0 aliphatic heterocycles. The van der Waals surface area contributed by atoms with E-state index in [-0.39, 0.29) is 0 Å². The van der Waals surface area contributed by atoms with Crippen molar-refractivity contribution in [3.05, 3.63) is 58.6 Å². The second-order valence-electron chi connectivity index (χ2n) is 4.84. The maximum absolute atomic E-state index is 5.99. The van der Waals surface area contributed by atoms with Crippen molar-refractivity contribution in [2.24, 2.45) is 0 Å². The lowest BCUT2D eigenvalue weighted by Crippen LogP contribution is -2.18. The predicted molar refractivity (Wildman–Crippen MR) is 86.3 cm³/mol. The van der Waals surface area contributed by atoms with Gasteiger partial charge in [-0.1, -0.05) is 35.4 Å². The van der Waals surface area contributed by atoms with Gasteiger partial charge in [0.25, 0.3) is 0 Å². The Morgan fingerprint density at radius 2 is 2.00 bits per heavy atom. The van der Waals surface area contributed by atoms with Crippen LogP contribution in [0.3, 0.4) is 0 Å². The third kappa shape index (κ3) is 5.05. The third-order valence-corrected chi connectivity index (χ3v) is 3.27. The van der Waals surface area contributed by atoms with E-state index in [1.807, 2.05) is 36.4 Å². The van der Waals surface area contributed by atoms with Crippen LogP contribution in [0.4, 0.5) is 0 Å². The van der Waals surface area contributed by atoms with Gasteiger partial charge in [-0.25, -0.2) is 0 Å². The van der Waals surface area contributed by atoms with E-state index in [9.17, 15) is 0 Å². The summed E-state index contributed by atoms with van der Waals surface area (Å²) in [6, 6.07) is 13.6. The van der Waals surface area contributed by atoms with Crippen molar-refractivity contribution in [1.29, 1.82) is 0 Å². The fraction of sp³-hybridized carbons (Fsp3) is 0.294. The summed E-state index contributed by atoms with van der Waals surface area (Å²) in [5, 5.41) is 4.00. The molecule has 0 radical (unpaired) electrons. The van der Waals surface area contributed by atoms with Gasteiger partial charge in [0.2, 0.25) is 0 Å². The molecule has 3 nitrogen and oxygen atoms in total. The van der Waals surface area contributed by atoms with Crippen molar-refractivity contribution < 1.29 is 9.47 Å². The molecule has 0 aliphatic carbocycles. The SMILES string of the molecule is COCCNCc1cc(C)ccc1Oc1cccc(Cl)c1. The second-order valence-corrected chi connectivity index (χ2v) is 5.28. The van der Waals surface area contributed by atoms with Gasteiger partial charge in [0.05, 0.1) is 6.61 Å². The summed E-state index contributed by atoms with van der Waals surface area (Å²) in [5.41, 5.74) is 2.32. The molecule has 0 bridgehead atoms. The van der Waals surface area contributed by atoms with Crippen LogP contribution in [-0.2, 0) is 11.3 Å². The summed E-state index contributed by atoms with van der Waals surface area (Å²) < 4.78 is 11.0. The fourth-order valence-corrected chi connectivity index (χ4v) is 2.18. The van der Waals surface area contributed by atoms with Crippen LogP contribution in [0.15, 0.2) is 42.5 Å². The lowest BCUT2D eigenvalue weighted by atomic mass is 10.1. The minimum absolute atomic E-state index is 0.666. The number of benzene rings is 2. The minimum atomic E-state index is 0.666. The Morgan fingerprint density at radius 3 is 2.76 bits per heavy atom. The summed E-state index contributed by atoms with van der Waals surface area (Å²) in [4.78, 5) is 0. The monoisotopic (exact) mass is 305 g/mol. The van der Waals surface area contributed by atoms with E-state index in [4.69, 9.17) is 21.1 Å². The maximum Gasteiger partial charge on any atom is 0.131 e. The van der Waals surface area contributed by atoms with E-state index in [0.717, 1.165) is 30.2 Å². The summed E-state index contributed by atoms with van der Waals surface area (Å²) >= 11 is 5.99. The van der Waals surface area contributed by atoms with Crippen LogP contribution in [0.5, 0.6) is 11.5 Å². The highest BCUT2D eigenvalue weighted by Gasteiger charge is 2.06. The highest BCUT2D eigenvalue weighted by Crippen LogP contribution is 2.27. The molecule has 0 atom stereocenters. The zero-order valence-electron chi connectivity index (χ0n) is 12.4. The molecule has 0 spiro atoms. The van der Waals surface area contributed by atoms with Crippen LogP contribution in [0.25, 0.3) is 0 Å². The lowest BCUT2D eigenvalue weighted by molar-refractivity contribution is 0.199. The van der Waals surface area contributed by atoms with Gasteiger partial charge in [-0.15, -0.1) is 0 Å². The van der Waals surface area contributed by atoms with Gasteiger partial charge < -0.3 is 14.8 Å². The fourth-order valence-electron chi connectivity index (χ4n) is 2.00. The van der Waals surface area contributed by atoms with Crippen LogP contribution >= 0.6 is 11.6 Å². The molecule has 2 aromatic rings. The number of halogens is 1. The topological polar surface area (TPSA) is 30.5 Å². The first-order valence-corrected chi connectivity index (χ1v) is 7.29. The molecule has 2 rings (SSSR count). The summed E-state index contributed by atoms with van der Waals surface area (Å²) in [5.74, 6) is 1.58. The molecule has 0 saturated carbocycles. The molecule has 0 fully saturated rings. The number of methoxy groups -OCH3 is 1. The van der Waals surface area contributed by atoms with Crippen molar-refractivity contribution in [1.82, 2.24) is 5.32 Å². The Morgan fingerprint density at radius 1 is 1.14 bits per heavy atom. The van der Waals surface area contributed by atoms with Gasteiger partial charge in [0, 0.05) is 30.8 Å². The quantitative estimate of drug-likeness (QED) is 0.779. The predicted octanol–water partition coefficient (Wildman–Crippen LogP) is 4.18. The van der Waals surface area contributed by atoms with E-state index < -0.39 is 0 Å². The number of aryl methyl sites for hydroxylation is 1. The molecule has 0 aliphatic rings. The Kier molecular flexibility index (Phi) is 6.05. The molecule has 0 unspecified atom stereocenters. The van der Waals surface area contributed by atoms with E-state index in [1.54, 1.807) is 7.11 Å². The molecule has 1 N–H and O–H groups in total. The van der Waals surface area contributed by atoms with Gasteiger partial charge in [-0.05, 0) is 31.2 Å². The first-order chi connectivity index (χ1) is 10.2. The molecule has 0 saturated heterocycles. The average Bonchev–Trinajstić information content (AvgIpc) is 2.46. The van der Waals surface area contributed by atoms with Gasteiger partial charge in [0.1, 0.15) is 11.5 Å². The number of ether oxygens (including phenoxy) is 2. The van der Waals surface area contributed by atoms with Crippen molar-refractivity contribution in [3.63, 3.8) is 0 Å². The zero-order chi connectivity index (χ0) is 15.1. The second kappa shape index (κ2) is 8.03. The highest BCUT2D eigenvalue weighted by molar-refractivity contribution is 6.30. The van der Waals surface area contributed by atoms with Crippen LogP contribution in [0.2, 0.25) is 5.02 Å². The molecule has 0 aromatic heterocycles. The summed E-state index contributed by atoms with van der Waals surface area (Å²) in [6.45, 7) is 4.31. The average molecular weight is 306 g/mol. The number of nitrogens with one attached hydrogen (secondary N) is 1. The van der Waals surface area contributed by atoms with E-state index in [2.05, 4.69) is 18.3 Å². The van der Waals surface area contributed by atoms with Gasteiger partial charge in [-0.2, -0.15) is 0 Å². The van der Waals surface area contributed by atoms with Crippen LogP contribution in [0, 0.1) is 6.92 Å². The number of hydrogen-bond donors (Lipinski definition) is 1. The molecule has 112 valence electrons. The van der Waals surface area contributed by atoms with Crippen molar-refractivity contribution in [2.45, 2.75) is 13.5 Å². The molecular formula is C17H20ClNO2. The van der Waals surface area contributed by atoms with Crippen LogP contribution in [-0.4, -0.2) is 20.3 Å². The molecular weight excluding hydrogens is 286 g/mol. The third-order valence-electron chi connectivity index (χ3n) is 3.04. The summed E-state index contributed by atoms with van der Waals surface area (Å²) in [7, 11) is 1.70. The minimum Gasteiger partial charge on any atom is -0.457 e. The van der Waals surface area contributed by atoms with E-state index >= 15 is 0 Å². The number of rotatable bonds is 7. The Hall–Kier alpha value is -1.55. The zero-order valence-corrected chi connectivity index (χ0v) is 13.1. The van der Waals surface area contributed by atoms with E-state index in [0.29, 0.717) is 11.6 Å². The van der Waals surface area contributed by atoms with Gasteiger partial charge >= 0.3 is 0 Å². The van der Waals surface area contributed by atoms with Crippen LogP contribution in [0.1, 0.15) is 11.1 Å². The lowest BCUT2D eigenvalue weighted by Gasteiger charge is -2.13. The standard InChI is InChI=1S/C17H20ClNO2/c1-13-6-7-17(14(10-13)12-19-8-9-20-2)21-16-5-3-4-15(18)11-16/h3-7,10-11,19H,8-9,12H2,1-2H3. The molecule has 0 amide bonds. The molecule has 0 heterocycles. The number of hydrogen-bond acceptors (Lipinski definition) is 3. The smallest absolute Gasteiger partial charge is 0.131 e. The molecule has 21 heavy (non-hydrogen) atoms. The Bertz CT molecular complexity index is 587. The highest BCUT2D eigenvalue weighted by atomic mass is 35.5.